The van der Waals surface area contributed by atoms with Gasteiger partial charge in [0.2, 0.25) is 0 Å². The highest BCUT2D eigenvalue weighted by Gasteiger charge is 2.13. The van der Waals surface area contributed by atoms with Crippen molar-refractivity contribution < 1.29 is 0 Å². The van der Waals surface area contributed by atoms with E-state index in [4.69, 9.17) is 0 Å². The third kappa shape index (κ3) is 5.64. The minimum Gasteiger partial charge on any atom is -0.309 e. The fraction of sp³-hybridized carbons (Fsp3) is 0.667. The van der Waals surface area contributed by atoms with Crippen LogP contribution in [0.2, 0.25) is 0 Å². The molecule has 1 unspecified atom stereocenters. The Balaban J connectivity index is 2.73. The van der Waals surface area contributed by atoms with E-state index >= 15 is 0 Å². The predicted molar refractivity (Wildman–Crippen MR) is 89.3 cm³/mol. The molecule has 0 aliphatic rings. The van der Waals surface area contributed by atoms with Crippen LogP contribution in [0.3, 0.4) is 0 Å². The summed E-state index contributed by atoms with van der Waals surface area (Å²) >= 11 is 0. The van der Waals surface area contributed by atoms with Crippen molar-refractivity contribution in [3.05, 3.63) is 35.4 Å². The Kier molecular flexibility index (Phi) is 8.56. The molecule has 0 fully saturated rings. The summed E-state index contributed by atoms with van der Waals surface area (Å²) in [6.07, 6.45) is 3.63. The van der Waals surface area contributed by atoms with Crippen LogP contribution in [0.1, 0.15) is 57.7 Å². The Morgan fingerprint density at radius 2 is 1.70 bits per heavy atom. The van der Waals surface area contributed by atoms with E-state index in [2.05, 4.69) is 62.2 Å². The van der Waals surface area contributed by atoms with E-state index in [9.17, 15) is 0 Å². The average Bonchev–Trinajstić information content (AvgIpc) is 2.47. The lowest BCUT2D eigenvalue weighted by Crippen LogP contribution is -2.35. The summed E-state index contributed by atoms with van der Waals surface area (Å²) in [6, 6.07) is 9.64. The van der Waals surface area contributed by atoms with E-state index in [-0.39, 0.29) is 0 Å². The highest BCUT2D eigenvalue weighted by molar-refractivity contribution is 5.25. The van der Waals surface area contributed by atoms with Crippen molar-refractivity contribution in [2.75, 3.05) is 26.2 Å². The maximum atomic E-state index is 3.63. The van der Waals surface area contributed by atoms with Gasteiger partial charge in [-0.3, -0.25) is 0 Å². The van der Waals surface area contributed by atoms with Crippen LogP contribution in [0.15, 0.2) is 24.3 Å². The molecule has 0 aliphatic heterocycles. The fourth-order valence-electron chi connectivity index (χ4n) is 2.69. The largest absolute Gasteiger partial charge is 0.309 e. The molecular weight excluding hydrogens is 244 g/mol. The van der Waals surface area contributed by atoms with E-state index in [1.54, 1.807) is 0 Å². The van der Waals surface area contributed by atoms with E-state index in [1.165, 1.54) is 36.9 Å². The van der Waals surface area contributed by atoms with E-state index < -0.39 is 0 Å². The minimum atomic E-state index is 0.446. The molecule has 1 aromatic carbocycles. The molecule has 0 heterocycles. The monoisotopic (exact) mass is 276 g/mol. The molecular formula is C18H32N2. The second-order valence-electron chi connectivity index (χ2n) is 5.50. The lowest BCUT2D eigenvalue weighted by Gasteiger charge is -2.27. The molecule has 114 valence electrons. The summed E-state index contributed by atoms with van der Waals surface area (Å²) in [4.78, 5) is 2.54. The molecule has 2 heteroatoms. The maximum absolute atomic E-state index is 3.63. The highest BCUT2D eigenvalue weighted by Crippen LogP contribution is 2.16. The molecule has 0 amide bonds. The van der Waals surface area contributed by atoms with Gasteiger partial charge in [-0.1, -0.05) is 58.4 Å². The van der Waals surface area contributed by atoms with E-state index in [1.807, 2.05) is 0 Å². The first-order chi connectivity index (χ1) is 9.74. The zero-order valence-electron chi connectivity index (χ0n) is 13.8. The van der Waals surface area contributed by atoms with Gasteiger partial charge < -0.3 is 10.2 Å². The van der Waals surface area contributed by atoms with Crippen molar-refractivity contribution in [1.29, 1.82) is 0 Å². The lowest BCUT2D eigenvalue weighted by atomic mass is 10.0. The first kappa shape index (κ1) is 17.2. The van der Waals surface area contributed by atoms with Gasteiger partial charge in [-0.15, -0.1) is 0 Å². The Bertz CT molecular complexity index is 345. The van der Waals surface area contributed by atoms with Crippen LogP contribution in [0, 0.1) is 0 Å². The van der Waals surface area contributed by atoms with Crippen LogP contribution in [0.4, 0.5) is 0 Å². The van der Waals surface area contributed by atoms with Crippen LogP contribution in [-0.4, -0.2) is 31.1 Å². The SMILES string of the molecule is CCCc1ccc(C(CN(CC)CCC)NCC)cc1. The quantitative estimate of drug-likeness (QED) is 0.694. The number of aryl methyl sites for hydroxylation is 1. The maximum Gasteiger partial charge on any atom is 0.0449 e. The van der Waals surface area contributed by atoms with E-state index in [0.29, 0.717) is 6.04 Å². The van der Waals surface area contributed by atoms with Crippen LogP contribution in [-0.2, 0) is 6.42 Å². The molecule has 20 heavy (non-hydrogen) atoms. The Morgan fingerprint density at radius 3 is 2.20 bits per heavy atom. The summed E-state index contributed by atoms with van der Waals surface area (Å²) in [7, 11) is 0. The zero-order chi connectivity index (χ0) is 14.8. The second kappa shape index (κ2) is 9.95. The molecule has 1 atom stereocenters. The van der Waals surface area contributed by atoms with Crippen LogP contribution < -0.4 is 5.32 Å². The molecule has 0 saturated heterocycles. The Hall–Kier alpha value is -0.860. The van der Waals surface area contributed by atoms with Crippen molar-refractivity contribution in [1.82, 2.24) is 10.2 Å². The second-order valence-corrected chi connectivity index (χ2v) is 5.50. The summed E-state index contributed by atoms with van der Waals surface area (Å²) in [6.45, 7) is 13.4. The van der Waals surface area contributed by atoms with Gasteiger partial charge in [0.25, 0.3) is 0 Å². The predicted octanol–water partition coefficient (Wildman–Crippen LogP) is 4.02. The van der Waals surface area contributed by atoms with Gasteiger partial charge in [0.05, 0.1) is 0 Å². The standard InChI is InChI=1S/C18H32N2/c1-5-9-16-10-12-17(13-11-16)18(19-7-3)15-20(8-4)14-6-2/h10-13,18-19H,5-9,14-15H2,1-4H3. The Labute approximate surface area is 125 Å². The summed E-state index contributed by atoms with van der Waals surface area (Å²) in [5.41, 5.74) is 2.87. The first-order valence-corrected chi connectivity index (χ1v) is 8.29. The number of likely N-dealkylation sites (N-methyl/N-ethyl adjacent to an activating group) is 2. The Morgan fingerprint density at radius 1 is 1.00 bits per heavy atom. The number of hydrogen-bond acceptors (Lipinski definition) is 2. The topological polar surface area (TPSA) is 15.3 Å². The number of nitrogens with one attached hydrogen (secondary N) is 1. The van der Waals surface area contributed by atoms with Crippen molar-refractivity contribution in [2.24, 2.45) is 0 Å². The van der Waals surface area contributed by atoms with Crippen LogP contribution in [0.5, 0.6) is 0 Å². The van der Waals surface area contributed by atoms with Crippen LogP contribution in [0.25, 0.3) is 0 Å². The summed E-state index contributed by atoms with van der Waals surface area (Å²) in [5, 5.41) is 3.63. The molecule has 1 aromatic rings. The van der Waals surface area contributed by atoms with Gasteiger partial charge in [-0.2, -0.15) is 0 Å². The van der Waals surface area contributed by atoms with Crippen molar-refractivity contribution in [2.45, 2.75) is 53.0 Å². The molecule has 0 spiro atoms. The molecule has 0 bridgehead atoms. The van der Waals surface area contributed by atoms with Gasteiger partial charge >= 0.3 is 0 Å². The van der Waals surface area contributed by atoms with Crippen molar-refractivity contribution >= 4 is 0 Å². The third-order valence-corrected chi connectivity index (χ3v) is 3.80. The molecule has 0 saturated carbocycles. The van der Waals surface area contributed by atoms with Gasteiger partial charge in [-0.05, 0) is 43.6 Å². The fourth-order valence-corrected chi connectivity index (χ4v) is 2.69. The third-order valence-electron chi connectivity index (χ3n) is 3.80. The minimum absolute atomic E-state index is 0.446. The van der Waals surface area contributed by atoms with Crippen molar-refractivity contribution in [3.63, 3.8) is 0 Å². The van der Waals surface area contributed by atoms with Gasteiger partial charge in [0, 0.05) is 12.6 Å². The zero-order valence-corrected chi connectivity index (χ0v) is 13.8. The molecule has 0 radical (unpaired) electrons. The number of nitrogens with zero attached hydrogens (tertiary/aromatic N) is 1. The number of rotatable bonds is 10. The molecule has 1 rings (SSSR count). The molecule has 0 aromatic heterocycles. The number of benzene rings is 1. The van der Waals surface area contributed by atoms with E-state index in [0.717, 1.165) is 19.6 Å². The van der Waals surface area contributed by atoms with Crippen molar-refractivity contribution in [3.8, 4) is 0 Å². The summed E-state index contributed by atoms with van der Waals surface area (Å²) < 4.78 is 0. The molecule has 2 nitrogen and oxygen atoms in total. The normalized spacial score (nSPS) is 12.8. The van der Waals surface area contributed by atoms with Gasteiger partial charge in [-0.25, -0.2) is 0 Å². The smallest absolute Gasteiger partial charge is 0.0449 e. The highest BCUT2D eigenvalue weighted by atomic mass is 15.1. The van der Waals surface area contributed by atoms with Gasteiger partial charge in [0.15, 0.2) is 0 Å². The average molecular weight is 276 g/mol. The molecule has 1 N–H and O–H groups in total. The van der Waals surface area contributed by atoms with Crippen LogP contribution >= 0.6 is 0 Å². The summed E-state index contributed by atoms with van der Waals surface area (Å²) in [5.74, 6) is 0. The molecule has 0 aliphatic carbocycles. The lowest BCUT2D eigenvalue weighted by molar-refractivity contribution is 0.255. The first-order valence-electron chi connectivity index (χ1n) is 8.29. The van der Waals surface area contributed by atoms with Gasteiger partial charge in [0.1, 0.15) is 0 Å². The number of hydrogen-bond donors (Lipinski definition) is 1.